The van der Waals surface area contributed by atoms with Gasteiger partial charge in [-0.3, -0.25) is 0 Å². The van der Waals surface area contributed by atoms with Crippen LogP contribution in [0, 0.1) is 5.92 Å². The fourth-order valence-electron chi connectivity index (χ4n) is 1.77. The lowest BCUT2D eigenvalue weighted by molar-refractivity contribution is 0.0269. The van der Waals surface area contributed by atoms with Gasteiger partial charge in [-0.05, 0) is 24.3 Å². The Morgan fingerprint density at radius 3 is 2.21 bits per heavy atom. The molecule has 3 heteroatoms. The van der Waals surface area contributed by atoms with Gasteiger partial charge in [-0.15, -0.1) is 23.2 Å². The van der Waals surface area contributed by atoms with Crippen LogP contribution in [0.25, 0.3) is 0 Å². The average molecular weight is 231 g/mol. The molecule has 0 spiro atoms. The summed E-state index contributed by atoms with van der Waals surface area (Å²) in [5.41, 5.74) is -0.248. The zero-order valence-corrected chi connectivity index (χ0v) is 9.17. The molecule has 0 heterocycles. The highest BCUT2D eigenvalue weighted by molar-refractivity contribution is 6.45. The average Bonchev–Trinajstić information content (AvgIpc) is 3.01. The SMILES string of the molecule is OC(c1ccccc1)(C(Cl)Cl)C1CC1. The second-order valence-corrected chi connectivity index (χ2v) is 4.86. The van der Waals surface area contributed by atoms with E-state index in [1.165, 1.54) is 0 Å². The molecule has 1 atom stereocenters. The molecule has 0 aromatic heterocycles. The van der Waals surface area contributed by atoms with Crippen LogP contribution in [0.3, 0.4) is 0 Å². The second kappa shape index (κ2) is 3.73. The van der Waals surface area contributed by atoms with Crippen molar-refractivity contribution >= 4 is 23.2 Å². The Morgan fingerprint density at radius 1 is 1.21 bits per heavy atom. The van der Waals surface area contributed by atoms with E-state index in [4.69, 9.17) is 23.2 Å². The Morgan fingerprint density at radius 2 is 1.79 bits per heavy atom. The first kappa shape index (κ1) is 10.3. The molecular weight excluding hydrogens is 219 g/mol. The third kappa shape index (κ3) is 1.65. The van der Waals surface area contributed by atoms with Crippen molar-refractivity contribution in [1.29, 1.82) is 0 Å². The summed E-state index contributed by atoms with van der Waals surface area (Å²) in [5, 5.41) is 10.4. The zero-order chi connectivity index (χ0) is 10.2. The number of benzene rings is 1. The summed E-state index contributed by atoms with van der Waals surface area (Å²) >= 11 is 11.7. The lowest BCUT2D eigenvalue weighted by atomic mass is 9.90. The van der Waals surface area contributed by atoms with E-state index < -0.39 is 10.4 Å². The van der Waals surface area contributed by atoms with Gasteiger partial charge in [0.05, 0.1) is 0 Å². The van der Waals surface area contributed by atoms with Crippen LogP contribution in [0.1, 0.15) is 18.4 Å². The van der Waals surface area contributed by atoms with E-state index in [1.54, 1.807) is 0 Å². The van der Waals surface area contributed by atoms with Crippen molar-refractivity contribution in [3.05, 3.63) is 35.9 Å². The summed E-state index contributed by atoms with van der Waals surface area (Å²) in [4.78, 5) is -0.766. The minimum Gasteiger partial charge on any atom is -0.382 e. The van der Waals surface area contributed by atoms with Crippen molar-refractivity contribution in [2.75, 3.05) is 0 Å². The van der Waals surface area contributed by atoms with Gasteiger partial charge < -0.3 is 5.11 Å². The van der Waals surface area contributed by atoms with E-state index in [0.29, 0.717) is 0 Å². The van der Waals surface area contributed by atoms with Crippen molar-refractivity contribution < 1.29 is 5.11 Å². The van der Waals surface area contributed by atoms with E-state index in [2.05, 4.69) is 0 Å². The van der Waals surface area contributed by atoms with Gasteiger partial charge in [0, 0.05) is 0 Å². The number of hydrogen-bond donors (Lipinski definition) is 1. The van der Waals surface area contributed by atoms with Crippen LogP contribution in [0.5, 0.6) is 0 Å². The zero-order valence-electron chi connectivity index (χ0n) is 7.66. The number of hydrogen-bond acceptors (Lipinski definition) is 1. The number of rotatable bonds is 3. The van der Waals surface area contributed by atoms with Crippen LogP contribution in [0.15, 0.2) is 30.3 Å². The normalized spacial score (nSPS) is 20.9. The maximum absolute atomic E-state index is 10.4. The van der Waals surface area contributed by atoms with Gasteiger partial charge in [0.15, 0.2) is 0 Å². The predicted octanol–water partition coefficient (Wildman–Crippen LogP) is 3.09. The van der Waals surface area contributed by atoms with Crippen molar-refractivity contribution in [3.63, 3.8) is 0 Å². The van der Waals surface area contributed by atoms with Crippen LogP contribution < -0.4 is 0 Å². The van der Waals surface area contributed by atoms with E-state index in [9.17, 15) is 5.11 Å². The molecule has 1 nitrogen and oxygen atoms in total. The van der Waals surface area contributed by atoms with Gasteiger partial charge in [0.25, 0.3) is 0 Å². The van der Waals surface area contributed by atoms with E-state index in [0.717, 1.165) is 18.4 Å². The predicted molar refractivity (Wildman–Crippen MR) is 58.6 cm³/mol. The van der Waals surface area contributed by atoms with Crippen molar-refractivity contribution in [1.82, 2.24) is 0 Å². The van der Waals surface area contributed by atoms with E-state index in [-0.39, 0.29) is 5.92 Å². The topological polar surface area (TPSA) is 20.2 Å². The van der Waals surface area contributed by atoms with Gasteiger partial charge in [-0.1, -0.05) is 30.3 Å². The molecule has 0 saturated heterocycles. The molecule has 0 amide bonds. The third-order valence-electron chi connectivity index (χ3n) is 2.77. The standard InChI is InChI=1S/C11H12Cl2O/c12-10(13)11(14,9-6-7-9)8-4-2-1-3-5-8/h1-5,9-10,14H,6-7H2. The monoisotopic (exact) mass is 230 g/mol. The van der Waals surface area contributed by atoms with Crippen molar-refractivity contribution in [2.45, 2.75) is 23.3 Å². The molecule has 76 valence electrons. The molecular formula is C11H12Cl2O. The van der Waals surface area contributed by atoms with Crippen molar-refractivity contribution in [3.8, 4) is 0 Å². The van der Waals surface area contributed by atoms with Crippen LogP contribution in [0.2, 0.25) is 0 Å². The Kier molecular flexibility index (Phi) is 2.74. The number of alkyl halides is 2. The summed E-state index contributed by atoms with van der Waals surface area (Å²) in [6.45, 7) is 0. The highest BCUT2D eigenvalue weighted by Crippen LogP contribution is 2.50. The fraction of sp³-hybridized carbons (Fsp3) is 0.455. The summed E-state index contributed by atoms with van der Waals surface area (Å²) in [5.74, 6) is 0.213. The molecule has 1 aliphatic rings. The lowest BCUT2D eigenvalue weighted by Crippen LogP contribution is -2.35. The molecule has 1 aromatic carbocycles. The minimum atomic E-state index is -1.07. The molecule has 1 unspecified atom stereocenters. The first-order valence-electron chi connectivity index (χ1n) is 4.71. The van der Waals surface area contributed by atoms with Gasteiger partial charge >= 0.3 is 0 Å². The molecule has 2 rings (SSSR count). The van der Waals surface area contributed by atoms with Gasteiger partial charge in [-0.2, -0.15) is 0 Å². The Balaban J connectivity index is 2.36. The maximum atomic E-state index is 10.4. The second-order valence-electron chi connectivity index (χ2n) is 3.77. The molecule has 0 bridgehead atoms. The van der Waals surface area contributed by atoms with E-state index >= 15 is 0 Å². The van der Waals surface area contributed by atoms with Gasteiger partial charge in [0.1, 0.15) is 10.4 Å². The summed E-state index contributed by atoms with van der Waals surface area (Å²) in [6, 6.07) is 9.43. The minimum absolute atomic E-state index is 0.213. The van der Waals surface area contributed by atoms with Crippen LogP contribution in [-0.2, 0) is 5.60 Å². The maximum Gasteiger partial charge on any atom is 0.140 e. The highest BCUT2D eigenvalue weighted by atomic mass is 35.5. The van der Waals surface area contributed by atoms with Crippen LogP contribution in [-0.4, -0.2) is 9.94 Å². The fourth-order valence-corrected chi connectivity index (χ4v) is 2.38. The van der Waals surface area contributed by atoms with Crippen LogP contribution in [0.4, 0.5) is 0 Å². The van der Waals surface area contributed by atoms with E-state index in [1.807, 2.05) is 30.3 Å². The van der Waals surface area contributed by atoms with Gasteiger partial charge in [0.2, 0.25) is 0 Å². The Labute approximate surface area is 93.7 Å². The highest BCUT2D eigenvalue weighted by Gasteiger charge is 2.49. The van der Waals surface area contributed by atoms with Gasteiger partial charge in [-0.25, -0.2) is 0 Å². The number of halogens is 2. The molecule has 0 aliphatic heterocycles. The largest absolute Gasteiger partial charge is 0.382 e. The Bertz CT molecular complexity index is 304. The lowest BCUT2D eigenvalue weighted by Gasteiger charge is -2.29. The third-order valence-corrected chi connectivity index (χ3v) is 3.43. The molecule has 14 heavy (non-hydrogen) atoms. The summed E-state index contributed by atoms with van der Waals surface area (Å²) < 4.78 is 0. The quantitative estimate of drug-likeness (QED) is 0.792. The van der Waals surface area contributed by atoms with Crippen LogP contribution >= 0.6 is 23.2 Å². The molecule has 1 saturated carbocycles. The molecule has 1 fully saturated rings. The first-order valence-corrected chi connectivity index (χ1v) is 5.59. The molecule has 1 N–H and O–H groups in total. The summed E-state index contributed by atoms with van der Waals surface area (Å²) in [7, 11) is 0. The Hall–Kier alpha value is -0.240. The number of aliphatic hydroxyl groups is 1. The molecule has 1 aliphatic carbocycles. The first-order chi connectivity index (χ1) is 6.65. The molecule has 0 radical (unpaired) electrons. The smallest absolute Gasteiger partial charge is 0.140 e. The molecule has 1 aromatic rings. The van der Waals surface area contributed by atoms with Crippen molar-refractivity contribution in [2.24, 2.45) is 5.92 Å². The summed E-state index contributed by atoms with van der Waals surface area (Å²) in [6.07, 6.45) is 2.00.